The van der Waals surface area contributed by atoms with Crippen molar-refractivity contribution < 1.29 is 0 Å². The van der Waals surface area contributed by atoms with Gasteiger partial charge in [0.1, 0.15) is 0 Å². The Hall–Kier alpha value is -1.32. The molecule has 0 bridgehead atoms. The smallest absolute Gasteiger partial charge is 0.0765 e. The lowest BCUT2D eigenvalue weighted by molar-refractivity contribution is 1.02. The van der Waals surface area contributed by atoms with Crippen molar-refractivity contribution in [3.05, 3.63) is 17.5 Å². The normalized spacial score (nSPS) is 7.80. The Bertz CT molecular complexity index is 175. The zero-order valence-electron chi connectivity index (χ0n) is 6.18. The zero-order valence-corrected chi connectivity index (χ0v) is 6.18. The monoisotopic (exact) mass is 140 g/mol. The molecule has 4 nitrogen and oxygen atoms in total. The van der Waals surface area contributed by atoms with E-state index in [1.54, 1.807) is 0 Å². The molecule has 1 aromatic rings. The number of nitrogens with two attached hydrogens (primary N) is 1. The van der Waals surface area contributed by atoms with Gasteiger partial charge in [0, 0.05) is 5.69 Å². The molecule has 0 radical (unpaired) electrons. The molecule has 0 aliphatic heterocycles. The number of hydrogen-bond acceptors (Lipinski definition) is 2. The number of H-pyrrole nitrogens is 1. The van der Waals surface area contributed by atoms with Crippen LogP contribution in [0.15, 0.2) is 6.07 Å². The zero-order chi connectivity index (χ0) is 7.98. The second-order valence-electron chi connectivity index (χ2n) is 1.86. The molecule has 4 heteroatoms. The summed E-state index contributed by atoms with van der Waals surface area (Å²) in [6, 6.07) is 2.00. The maximum Gasteiger partial charge on any atom is 0.0765 e. The van der Waals surface area contributed by atoms with Gasteiger partial charge in [-0.2, -0.15) is 5.10 Å². The minimum Gasteiger partial charge on any atom is -0.390 e. The topological polar surface area (TPSA) is 78.5 Å². The van der Waals surface area contributed by atoms with Crippen LogP contribution in [0.1, 0.15) is 11.4 Å². The summed E-state index contributed by atoms with van der Waals surface area (Å²) in [5.74, 6) is 0. The Morgan fingerprint density at radius 2 is 2.20 bits per heavy atom. The lowest BCUT2D eigenvalue weighted by atomic mass is 10.4. The molecule has 0 aliphatic rings. The van der Waals surface area contributed by atoms with Gasteiger partial charge in [-0.15, -0.1) is 0 Å². The third kappa shape index (κ3) is 3.65. The van der Waals surface area contributed by atoms with E-state index in [9.17, 15) is 0 Å². The predicted molar refractivity (Wildman–Crippen MR) is 41.0 cm³/mol. The van der Waals surface area contributed by atoms with Gasteiger partial charge in [-0.3, -0.25) is 10.5 Å². The molecule has 0 saturated carbocycles. The van der Waals surface area contributed by atoms with Crippen molar-refractivity contribution in [3.8, 4) is 0 Å². The number of nitrogens with zero attached hydrogens (tertiary/aromatic N) is 1. The molecule has 0 fully saturated rings. The lowest BCUT2D eigenvalue weighted by Gasteiger charge is -1.68. The minimum atomic E-state index is 0.750. The number of hydrogen-bond donors (Lipinski definition) is 3. The highest BCUT2D eigenvalue weighted by Crippen LogP contribution is 1.92. The molecule has 0 unspecified atom stereocenters. The SMILES string of the molecule is Cc1cc(C)[nH]n1.N=CN. The number of aromatic nitrogens is 2. The second-order valence-corrected chi connectivity index (χ2v) is 1.86. The Morgan fingerprint density at radius 3 is 2.30 bits per heavy atom. The molecule has 0 amide bonds. The van der Waals surface area contributed by atoms with Crippen molar-refractivity contribution in [1.82, 2.24) is 10.2 Å². The second kappa shape index (κ2) is 4.55. The van der Waals surface area contributed by atoms with E-state index < -0.39 is 0 Å². The van der Waals surface area contributed by atoms with Crippen LogP contribution in [-0.4, -0.2) is 16.5 Å². The average molecular weight is 140 g/mol. The fraction of sp³-hybridized carbons (Fsp3) is 0.333. The van der Waals surface area contributed by atoms with Crippen LogP contribution in [0.4, 0.5) is 0 Å². The van der Waals surface area contributed by atoms with E-state index in [1.807, 2.05) is 19.9 Å². The van der Waals surface area contributed by atoms with E-state index >= 15 is 0 Å². The van der Waals surface area contributed by atoms with Crippen LogP contribution in [0.3, 0.4) is 0 Å². The van der Waals surface area contributed by atoms with E-state index in [0.717, 1.165) is 17.7 Å². The lowest BCUT2D eigenvalue weighted by Crippen LogP contribution is -1.81. The molecule has 0 saturated heterocycles. The summed E-state index contributed by atoms with van der Waals surface area (Å²) < 4.78 is 0. The molecule has 0 atom stereocenters. The van der Waals surface area contributed by atoms with Crippen LogP contribution in [0, 0.1) is 19.3 Å². The van der Waals surface area contributed by atoms with Gasteiger partial charge in [-0.05, 0) is 19.9 Å². The molecule has 1 rings (SSSR count). The standard InChI is InChI=1S/C5H8N2.CH4N2/c1-4-3-5(2)7-6-4;2-1-3/h3H,1-2H3,(H,6,7);1H,(H3,2,3). The van der Waals surface area contributed by atoms with Crippen LogP contribution in [-0.2, 0) is 0 Å². The summed E-state index contributed by atoms with van der Waals surface area (Å²) in [5, 5.41) is 12.6. The van der Waals surface area contributed by atoms with Crippen LogP contribution in [0.5, 0.6) is 0 Å². The molecule has 0 aliphatic carbocycles. The van der Waals surface area contributed by atoms with Gasteiger partial charge in [0.05, 0.1) is 12.0 Å². The molecule has 0 aromatic carbocycles. The summed E-state index contributed by atoms with van der Waals surface area (Å²) in [4.78, 5) is 0. The first-order valence-corrected chi connectivity index (χ1v) is 2.90. The summed E-state index contributed by atoms with van der Waals surface area (Å²) in [6.45, 7) is 3.95. The Balaban J connectivity index is 0.000000236. The van der Waals surface area contributed by atoms with Gasteiger partial charge in [0.2, 0.25) is 0 Å². The molecule has 10 heavy (non-hydrogen) atoms. The summed E-state index contributed by atoms with van der Waals surface area (Å²) in [7, 11) is 0. The first kappa shape index (κ1) is 8.68. The van der Waals surface area contributed by atoms with Crippen molar-refractivity contribution in [3.63, 3.8) is 0 Å². The predicted octanol–water partition coefficient (Wildman–Crippen LogP) is 0.579. The summed E-state index contributed by atoms with van der Waals surface area (Å²) in [5.41, 5.74) is 6.56. The summed E-state index contributed by atoms with van der Waals surface area (Å²) in [6.07, 6.45) is 0.750. The Kier molecular flexibility index (Phi) is 3.95. The molecular weight excluding hydrogens is 128 g/mol. The van der Waals surface area contributed by atoms with E-state index in [2.05, 4.69) is 15.9 Å². The molecule has 1 heterocycles. The number of aromatic amines is 1. The molecule has 1 aromatic heterocycles. The fourth-order valence-corrected chi connectivity index (χ4v) is 0.554. The van der Waals surface area contributed by atoms with Gasteiger partial charge >= 0.3 is 0 Å². The van der Waals surface area contributed by atoms with E-state index in [-0.39, 0.29) is 0 Å². The van der Waals surface area contributed by atoms with Crippen LogP contribution in [0.25, 0.3) is 0 Å². The molecule has 0 spiro atoms. The van der Waals surface area contributed by atoms with Crippen molar-refractivity contribution in [2.45, 2.75) is 13.8 Å². The summed E-state index contributed by atoms with van der Waals surface area (Å²) >= 11 is 0. The fourth-order valence-electron chi connectivity index (χ4n) is 0.554. The van der Waals surface area contributed by atoms with Crippen molar-refractivity contribution in [2.75, 3.05) is 0 Å². The van der Waals surface area contributed by atoms with Gasteiger partial charge in [-0.25, -0.2) is 0 Å². The van der Waals surface area contributed by atoms with Crippen LogP contribution in [0.2, 0.25) is 0 Å². The highest BCUT2D eigenvalue weighted by molar-refractivity contribution is 5.46. The maximum absolute atomic E-state index is 5.86. The van der Waals surface area contributed by atoms with E-state index in [1.165, 1.54) is 0 Å². The quantitative estimate of drug-likeness (QED) is 0.364. The maximum atomic E-state index is 5.86. The van der Waals surface area contributed by atoms with Gasteiger partial charge < -0.3 is 5.73 Å². The average Bonchev–Trinajstić information content (AvgIpc) is 2.17. The Labute approximate surface area is 60.0 Å². The van der Waals surface area contributed by atoms with Crippen molar-refractivity contribution >= 4 is 6.34 Å². The molecular formula is C6H12N4. The van der Waals surface area contributed by atoms with E-state index in [4.69, 9.17) is 5.41 Å². The number of nitrogens with one attached hydrogen (secondary N) is 2. The van der Waals surface area contributed by atoms with Gasteiger partial charge in [0.25, 0.3) is 0 Å². The molecule has 4 N–H and O–H groups in total. The van der Waals surface area contributed by atoms with Crippen molar-refractivity contribution in [1.29, 1.82) is 5.41 Å². The first-order chi connectivity index (χ1) is 4.70. The highest BCUT2D eigenvalue weighted by atomic mass is 15.1. The number of aryl methyl sites for hydroxylation is 2. The largest absolute Gasteiger partial charge is 0.390 e. The highest BCUT2D eigenvalue weighted by Gasteiger charge is 1.84. The van der Waals surface area contributed by atoms with E-state index in [0.29, 0.717) is 0 Å². The van der Waals surface area contributed by atoms with Crippen LogP contribution < -0.4 is 5.73 Å². The minimum absolute atomic E-state index is 0.750. The Morgan fingerprint density at radius 1 is 1.70 bits per heavy atom. The third-order valence-electron chi connectivity index (χ3n) is 0.834. The first-order valence-electron chi connectivity index (χ1n) is 2.90. The van der Waals surface area contributed by atoms with Crippen molar-refractivity contribution in [2.24, 2.45) is 5.73 Å². The van der Waals surface area contributed by atoms with Gasteiger partial charge in [0.15, 0.2) is 0 Å². The number of rotatable bonds is 0. The third-order valence-corrected chi connectivity index (χ3v) is 0.834. The van der Waals surface area contributed by atoms with Crippen LogP contribution >= 0.6 is 0 Å². The molecule has 56 valence electrons. The van der Waals surface area contributed by atoms with Gasteiger partial charge in [-0.1, -0.05) is 0 Å².